The first-order valence-corrected chi connectivity index (χ1v) is 12.5. The van der Waals surface area contributed by atoms with Crippen LogP contribution in [0.5, 0.6) is 5.75 Å². The van der Waals surface area contributed by atoms with E-state index in [1.807, 2.05) is 25.1 Å². The van der Waals surface area contributed by atoms with Gasteiger partial charge in [0.1, 0.15) is 17.4 Å². The van der Waals surface area contributed by atoms with Gasteiger partial charge in [0.25, 0.3) is 5.56 Å². The number of nitrogens with zero attached hydrogens (tertiary/aromatic N) is 4. The van der Waals surface area contributed by atoms with Crippen molar-refractivity contribution < 1.29 is 9.13 Å². The van der Waals surface area contributed by atoms with Gasteiger partial charge in [-0.15, -0.1) is 12.8 Å². The highest BCUT2D eigenvalue weighted by molar-refractivity contribution is 7.77. The summed E-state index contributed by atoms with van der Waals surface area (Å²) in [6, 6.07) is 5.85. The van der Waals surface area contributed by atoms with E-state index in [0.717, 1.165) is 73.7 Å². The van der Waals surface area contributed by atoms with E-state index in [1.54, 1.807) is 11.7 Å². The molecule has 2 N–H and O–H groups in total. The molecule has 0 radical (unpaired) electrons. The van der Waals surface area contributed by atoms with E-state index >= 15 is 0 Å². The fourth-order valence-corrected chi connectivity index (χ4v) is 4.09. The molecule has 0 spiro atoms. The molecule has 0 saturated carbocycles. The van der Waals surface area contributed by atoms with Crippen LogP contribution in [0.15, 0.2) is 35.4 Å². The predicted molar refractivity (Wildman–Crippen MR) is 141 cm³/mol. The third-order valence-corrected chi connectivity index (χ3v) is 5.89. The van der Waals surface area contributed by atoms with Crippen molar-refractivity contribution in [3.05, 3.63) is 75.2 Å². The average molecular weight is 502 g/mol. The largest absolute Gasteiger partial charge is 0.495 e. The van der Waals surface area contributed by atoms with Gasteiger partial charge in [-0.2, -0.15) is 0 Å². The molecule has 35 heavy (non-hydrogen) atoms. The van der Waals surface area contributed by atoms with Crippen LogP contribution in [0.4, 0.5) is 4.39 Å². The van der Waals surface area contributed by atoms with Gasteiger partial charge in [0.2, 0.25) is 0 Å². The Labute approximate surface area is 212 Å². The Morgan fingerprint density at radius 3 is 2.40 bits per heavy atom. The quantitative estimate of drug-likeness (QED) is 0.291. The van der Waals surface area contributed by atoms with Gasteiger partial charge in [0, 0.05) is 24.1 Å². The summed E-state index contributed by atoms with van der Waals surface area (Å²) in [6.07, 6.45) is 9.02. The molecule has 0 saturated heterocycles. The molecule has 9 heteroatoms. The zero-order chi connectivity index (χ0) is 25.8. The number of nitrogens with two attached hydrogens (primary N) is 1. The molecule has 0 aliphatic carbocycles. The number of benzene rings is 1. The zero-order valence-corrected chi connectivity index (χ0v) is 21.9. The number of halogens is 1. The molecule has 2 heterocycles. The molecule has 3 aromatic rings. The van der Waals surface area contributed by atoms with E-state index in [-0.39, 0.29) is 5.56 Å². The molecule has 3 rings (SSSR count). The van der Waals surface area contributed by atoms with Gasteiger partial charge >= 0.3 is 0 Å². The Morgan fingerprint density at radius 2 is 1.77 bits per heavy atom. The van der Waals surface area contributed by atoms with Crippen LogP contribution in [0, 0.1) is 12.7 Å². The molecule has 0 atom stereocenters. The van der Waals surface area contributed by atoms with Crippen LogP contribution in [0.2, 0.25) is 0 Å². The number of aryl methyl sites for hydroxylation is 4. The minimum atomic E-state index is -0.477. The summed E-state index contributed by atoms with van der Waals surface area (Å²) < 4.78 is 20.6. The van der Waals surface area contributed by atoms with Crippen molar-refractivity contribution in [2.24, 2.45) is 5.14 Å². The average Bonchev–Trinajstić information content (AvgIpc) is 2.88. The minimum Gasteiger partial charge on any atom is -0.495 e. The summed E-state index contributed by atoms with van der Waals surface area (Å²) >= 11 is 3.03. The summed E-state index contributed by atoms with van der Waals surface area (Å²) in [5.74, 6) is 1.44. The summed E-state index contributed by atoms with van der Waals surface area (Å²) in [7, 11) is 1.62. The Bertz CT molecular complexity index is 1110. The number of aromatic nitrogens is 4. The van der Waals surface area contributed by atoms with Crippen molar-refractivity contribution in [1.29, 1.82) is 0 Å². The Kier molecular flexibility index (Phi) is 11.9. The Hall–Kier alpha value is -2.78. The maximum absolute atomic E-state index is 13.9. The van der Waals surface area contributed by atoms with Gasteiger partial charge < -0.3 is 4.74 Å². The highest BCUT2D eigenvalue weighted by atomic mass is 32.1. The summed E-state index contributed by atoms with van der Waals surface area (Å²) in [6.45, 7) is 6.13. The lowest BCUT2D eigenvalue weighted by Gasteiger charge is -2.20. The second kappa shape index (κ2) is 14.6. The monoisotopic (exact) mass is 501 g/mol. The SMILES string of the molecule is CCCCCCc1nc(C)c(CCc2ncc(F)cn2)c(=O)n1-c1c(CC)cccc1OC.NS. The minimum absolute atomic E-state index is 0.0886. The number of hydrogen-bond acceptors (Lipinski definition) is 7. The standard InChI is InChI=1S/C26H33FN4O2.H3NS/c1-5-7-8-9-13-24-30-18(3)21(14-15-23-28-16-20(27)17-29-23)26(32)31(24)25-19(6-2)11-10-12-22(25)33-4;1-2/h10-12,16-17H,5-9,13-15H2,1-4H3;2H,1H2. The Morgan fingerprint density at radius 1 is 1.06 bits per heavy atom. The number of ether oxygens (including phenoxy) is 1. The first-order chi connectivity index (χ1) is 17.0. The number of rotatable bonds is 11. The van der Waals surface area contributed by atoms with Crippen LogP contribution in [0.3, 0.4) is 0 Å². The number of unbranched alkanes of at least 4 members (excludes halogenated alkanes) is 3. The first-order valence-electron chi connectivity index (χ1n) is 12.0. The smallest absolute Gasteiger partial charge is 0.261 e. The zero-order valence-electron chi connectivity index (χ0n) is 21.1. The first kappa shape index (κ1) is 28.5. The Balaban J connectivity index is 0.00000210. The maximum Gasteiger partial charge on any atom is 0.261 e. The van der Waals surface area contributed by atoms with Crippen molar-refractivity contribution in [1.82, 2.24) is 19.5 Å². The van der Waals surface area contributed by atoms with E-state index in [2.05, 4.69) is 41.8 Å². The third kappa shape index (κ3) is 7.35. The lowest BCUT2D eigenvalue weighted by molar-refractivity contribution is 0.411. The molecular formula is C26H36FN5O2S. The highest BCUT2D eigenvalue weighted by Crippen LogP contribution is 2.28. The normalized spacial score (nSPS) is 10.6. The summed E-state index contributed by atoms with van der Waals surface area (Å²) in [5, 5.41) is 4.19. The van der Waals surface area contributed by atoms with E-state index < -0.39 is 5.82 Å². The van der Waals surface area contributed by atoms with Gasteiger partial charge in [-0.25, -0.2) is 19.3 Å². The molecule has 0 unspecified atom stereocenters. The van der Waals surface area contributed by atoms with Gasteiger partial charge in [-0.1, -0.05) is 45.2 Å². The molecule has 2 aromatic heterocycles. The lowest BCUT2D eigenvalue weighted by atomic mass is 10.1. The molecule has 1 aromatic carbocycles. The van der Waals surface area contributed by atoms with Crippen LogP contribution in [0.25, 0.3) is 5.69 Å². The molecule has 0 aliphatic rings. The highest BCUT2D eigenvalue weighted by Gasteiger charge is 2.20. The van der Waals surface area contributed by atoms with E-state index in [4.69, 9.17) is 9.72 Å². The molecule has 190 valence electrons. The van der Waals surface area contributed by atoms with Crippen molar-refractivity contribution in [2.75, 3.05) is 7.11 Å². The molecule has 0 amide bonds. The van der Waals surface area contributed by atoms with Crippen molar-refractivity contribution in [3.63, 3.8) is 0 Å². The van der Waals surface area contributed by atoms with E-state index in [9.17, 15) is 9.18 Å². The molecule has 0 bridgehead atoms. The van der Waals surface area contributed by atoms with Crippen LogP contribution < -0.4 is 15.4 Å². The number of thiol groups is 1. The van der Waals surface area contributed by atoms with Crippen molar-refractivity contribution >= 4 is 12.8 Å². The van der Waals surface area contributed by atoms with E-state index in [1.165, 1.54) is 0 Å². The van der Waals surface area contributed by atoms with Crippen LogP contribution in [-0.4, -0.2) is 26.6 Å². The predicted octanol–water partition coefficient (Wildman–Crippen LogP) is 4.74. The van der Waals surface area contributed by atoms with Crippen LogP contribution in [0.1, 0.15) is 68.0 Å². The second-order valence-electron chi connectivity index (χ2n) is 8.18. The van der Waals surface area contributed by atoms with Gasteiger partial charge in [0.05, 0.1) is 25.2 Å². The fourth-order valence-electron chi connectivity index (χ4n) is 4.09. The molecular weight excluding hydrogens is 465 g/mol. The topological polar surface area (TPSA) is 95.9 Å². The van der Waals surface area contributed by atoms with Gasteiger partial charge in [0.15, 0.2) is 5.82 Å². The number of para-hydroxylation sites is 1. The van der Waals surface area contributed by atoms with Crippen molar-refractivity contribution in [2.45, 2.75) is 72.1 Å². The summed E-state index contributed by atoms with van der Waals surface area (Å²) in [5.41, 5.74) is 3.05. The lowest BCUT2D eigenvalue weighted by Crippen LogP contribution is -2.30. The van der Waals surface area contributed by atoms with Gasteiger partial charge in [-0.3, -0.25) is 14.5 Å². The number of methoxy groups -OCH3 is 1. The van der Waals surface area contributed by atoms with Gasteiger partial charge in [-0.05, 0) is 37.8 Å². The second-order valence-corrected chi connectivity index (χ2v) is 8.18. The maximum atomic E-state index is 13.9. The van der Waals surface area contributed by atoms with E-state index in [0.29, 0.717) is 30.0 Å². The van der Waals surface area contributed by atoms with Crippen LogP contribution >= 0.6 is 12.8 Å². The van der Waals surface area contributed by atoms with Crippen molar-refractivity contribution in [3.8, 4) is 11.4 Å². The molecule has 7 nitrogen and oxygen atoms in total. The fraction of sp³-hybridized carbons (Fsp3) is 0.462. The third-order valence-electron chi connectivity index (χ3n) is 5.89. The summed E-state index contributed by atoms with van der Waals surface area (Å²) in [4.78, 5) is 26.8. The number of hydrogen-bond donors (Lipinski definition) is 2. The molecule has 0 fully saturated rings. The van der Waals surface area contributed by atoms with Crippen LogP contribution in [-0.2, 0) is 25.7 Å². The molecule has 0 aliphatic heterocycles.